The van der Waals surface area contributed by atoms with Crippen molar-refractivity contribution in [2.24, 2.45) is 68.0 Å². The minimum absolute atomic E-state index is 0.00123. The van der Waals surface area contributed by atoms with Gasteiger partial charge in [0.2, 0.25) is 5.91 Å². The number of nitrogens with zero attached hydrogens (tertiary/aromatic N) is 1. The van der Waals surface area contributed by atoms with Crippen molar-refractivity contribution < 1.29 is 33.5 Å². The second kappa shape index (κ2) is 17.3. The van der Waals surface area contributed by atoms with Gasteiger partial charge in [-0.1, -0.05) is 118 Å². The summed E-state index contributed by atoms with van der Waals surface area (Å²) in [6, 6.07) is 13.9. The molecule has 10 heteroatoms. The molecule has 0 saturated heterocycles. The lowest BCUT2D eigenvalue weighted by Gasteiger charge is -2.72. The van der Waals surface area contributed by atoms with Crippen LogP contribution in [0.5, 0.6) is 0 Å². The molecular weight excluding hydrogens is 836 g/mol. The van der Waals surface area contributed by atoms with Gasteiger partial charge in [0.25, 0.3) is 0 Å². The zero-order chi connectivity index (χ0) is 47.7. The summed E-state index contributed by atoms with van der Waals surface area (Å²) >= 11 is 6.04. The maximum atomic E-state index is 14.5. The Morgan fingerprint density at radius 1 is 0.862 bits per heavy atom. The third-order valence-electron chi connectivity index (χ3n) is 19.3. The summed E-state index contributed by atoms with van der Waals surface area (Å²) in [5.41, 5.74) is 1.77. The lowest BCUT2D eigenvalue weighted by molar-refractivity contribution is -0.235. The van der Waals surface area contributed by atoms with Crippen LogP contribution in [0.2, 0.25) is 5.02 Å². The van der Waals surface area contributed by atoms with Gasteiger partial charge in [0, 0.05) is 24.5 Å². The number of carbonyl (C=O) groups excluding carboxylic acids is 6. The molecule has 6 aliphatic rings. The monoisotopic (exact) mass is 909 g/mol. The number of Topliss-reactive ketones (excluding diaryl/α,β-unsaturated/α-hetero) is 2. The Hall–Kier alpha value is -3.94. The number of ether oxygens (including phenoxy) is 1. The number of fused-ring (bicyclic) bond motifs is 7. The molecule has 6 aliphatic carbocycles. The van der Waals surface area contributed by atoms with E-state index in [2.05, 4.69) is 103 Å². The highest BCUT2D eigenvalue weighted by atomic mass is 35.5. The van der Waals surface area contributed by atoms with E-state index in [1.807, 2.05) is 13.8 Å². The summed E-state index contributed by atoms with van der Waals surface area (Å²) in [4.78, 5) is 76.6. The van der Waals surface area contributed by atoms with Crippen molar-refractivity contribution in [3.05, 3.63) is 76.1 Å². The van der Waals surface area contributed by atoms with Gasteiger partial charge in [0.1, 0.15) is 11.8 Å². The fourth-order valence-corrected chi connectivity index (χ4v) is 15.4. The SMILES string of the molecule is CC(C)C1=C2[C@H]3CC[C@@H]4[C@@]5(C)CC[C@H](OC(=O)[C@H]6C[C@@H](Cc7ccccc7)C6(C)C)C(C)(C)[C@@H]5CC[C@@]4(C)[C@]3(C)CC[C@@]2(NC(=O)C(C)(C)CC(=O)c2ccc(Cl)cn2)CC1=O.O=C=O. The van der Waals surface area contributed by atoms with E-state index in [4.69, 9.17) is 25.9 Å². The molecule has 1 aromatic carbocycles. The molecule has 65 heavy (non-hydrogen) atoms. The van der Waals surface area contributed by atoms with Crippen molar-refractivity contribution in [2.75, 3.05) is 0 Å². The third-order valence-corrected chi connectivity index (χ3v) is 19.5. The van der Waals surface area contributed by atoms with Crippen molar-refractivity contribution in [2.45, 2.75) is 165 Å². The van der Waals surface area contributed by atoms with Gasteiger partial charge in [-0.05, 0) is 144 Å². The number of hydrogen-bond acceptors (Lipinski definition) is 8. The Bertz CT molecular complexity index is 2260. The maximum absolute atomic E-state index is 14.5. The first kappa shape index (κ1) is 49.0. The van der Waals surface area contributed by atoms with E-state index in [0.717, 1.165) is 63.4 Å². The third kappa shape index (κ3) is 8.10. The van der Waals surface area contributed by atoms with Crippen molar-refractivity contribution >= 4 is 41.2 Å². The molecule has 5 fully saturated rings. The number of nitrogens with one attached hydrogen (secondary N) is 1. The second-order valence-electron chi connectivity index (χ2n) is 23.9. The molecule has 10 atom stereocenters. The standard InChI is InChI=1S/C54H73ClN2O5.CO2/c1-32(2)44-40(59)30-54(57-47(61)48(3,4)29-39(58)38-19-17-35(55)31-56-38)26-25-52(10)36(45(44)54)18-20-42-51(9)23-22-43(50(7,8)41(51)21-24-53(42,52)11)62-46(60)37-28-34(49(37,5)6)27-33-15-13-12-14-16-33;2-1-3/h12-17,19,31-32,34,36-37,41-43H,18,20-30H2,1-11H3,(H,57,61);/t34-,36-,37-,41+,42-,43+,51+,52-,53-,54-;/m1./s1. The predicted molar refractivity (Wildman–Crippen MR) is 250 cm³/mol. The van der Waals surface area contributed by atoms with E-state index in [1.165, 1.54) is 17.3 Å². The average Bonchev–Trinajstić information content (AvgIpc) is 3.53. The Morgan fingerprint density at radius 3 is 2.15 bits per heavy atom. The van der Waals surface area contributed by atoms with Crippen LogP contribution in [-0.2, 0) is 35.1 Å². The van der Waals surface area contributed by atoms with E-state index in [1.54, 1.807) is 12.1 Å². The largest absolute Gasteiger partial charge is 0.462 e. The molecule has 9 nitrogen and oxygen atoms in total. The fourth-order valence-electron chi connectivity index (χ4n) is 15.3. The van der Waals surface area contributed by atoms with Crippen molar-refractivity contribution in [1.82, 2.24) is 10.3 Å². The van der Waals surface area contributed by atoms with E-state index in [-0.39, 0.29) is 99.1 Å². The zero-order valence-electron chi connectivity index (χ0n) is 40.8. The van der Waals surface area contributed by atoms with Gasteiger partial charge < -0.3 is 10.1 Å². The minimum atomic E-state index is -1.02. The highest BCUT2D eigenvalue weighted by molar-refractivity contribution is 6.30. The number of halogens is 1. The topological polar surface area (TPSA) is 137 Å². The number of carbonyl (C=O) groups is 4. The number of allylic oxidation sites excluding steroid dienone is 1. The molecule has 0 unspecified atom stereocenters. The molecule has 1 aromatic heterocycles. The summed E-state index contributed by atoms with van der Waals surface area (Å²) < 4.78 is 6.67. The summed E-state index contributed by atoms with van der Waals surface area (Å²) in [6.45, 7) is 24.9. The number of rotatable bonds is 10. The summed E-state index contributed by atoms with van der Waals surface area (Å²) in [6.07, 6.45) is 11.6. The molecule has 1 heterocycles. The van der Waals surface area contributed by atoms with E-state index in [0.29, 0.717) is 29.2 Å². The van der Waals surface area contributed by atoms with Crippen molar-refractivity contribution in [1.29, 1.82) is 0 Å². The molecular formula is C55H73ClN2O7. The highest BCUT2D eigenvalue weighted by Gasteiger charge is 2.70. The Kier molecular flexibility index (Phi) is 13.0. The Labute approximate surface area is 392 Å². The number of aromatic nitrogens is 1. The first-order valence-corrected chi connectivity index (χ1v) is 24.7. The van der Waals surface area contributed by atoms with Crippen molar-refractivity contribution in [3.63, 3.8) is 0 Å². The molecule has 1 amide bonds. The molecule has 5 saturated carbocycles. The molecule has 0 radical (unpaired) electrons. The Balaban J connectivity index is 0.00000204. The van der Waals surface area contributed by atoms with Gasteiger partial charge in [0.15, 0.2) is 11.6 Å². The first-order chi connectivity index (χ1) is 30.3. The number of amides is 1. The lowest BCUT2D eigenvalue weighted by atomic mass is 9.33. The van der Waals surface area contributed by atoms with Gasteiger partial charge in [-0.25, -0.2) is 0 Å². The number of pyridine rings is 1. The summed E-state index contributed by atoms with van der Waals surface area (Å²) in [5.74, 6) is 1.29. The van der Waals surface area contributed by atoms with Crippen molar-refractivity contribution in [3.8, 4) is 0 Å². The van der Waals surface area contributed by atoms with Crippen LogP contribution >= 0.6 is 11.6 Å². The first-order valence-electron chi connectivity index (χ1n) is 24.3. The molecule has 0 bridgehead atoms. The summed E-state index contributed by atoms with van der Waals surface area (Å²) in [7, 11) is 0. The fraction of sp³-hybridized carbons (Fsp3) is 0.673. The molecule has 0 aliphatic heterocycles. The number of ketones is 2. The van der Waals surface area contributed by atoms with E-state index >= 15 is 0 Å². The Morgan fingerprint density at radius 2 is 1.54 bits per heavy atom. The van der Waals surface area contributed by atoms with Gasteiger partial charge >= 0.3 is 12.1 Å². The average molecular weight is 910 g/mol. The zero-order valence-corrected chi connectivity index (χ0v) is 41.6. The van der Waals surface area contributed by atoms with E-state index in [9.17, 15) is 19.2 Å². The van der Waals surface area contributed by atoms with Crippen LogP contribution in [0.25, 0.3) is 0 Å². The molecule has 8 rings (SSSR count). The van der Waals surface area contributed by atoms with Crippen LogP contribution in [0.4, 0.5) is 0 Å². The molecule has 2 aromatic rings. The molecule has 352 valence electrons. The van der Waals surface area contributed by atoms with Gasteiger partial charge in [0.05, 0.1) is 21.9 Å². The number of benzene rings is 1. The van der Waals surface area contributed by atoms with Crippen LogP contribution in [0.15, 0.2) is 59.8 Å². The van der Waals surface area contributed by atoms with Gasteiger partial charge in [-0.3, -0.25) is 24.2 Å². The van der Waals surface area contributed by atoms with E-state index < -0.39 is 11.0 Å². The predicted octanol–water partition coefficient (Wildman–Crippen LogP) is 11.4. The van der Waals surface area contributed by atoms with Gasteiger partial charge in [-0.15, -0.1) is 0 Å². The van der Waals surface area contributed by atoms with Crippen LogP contribution in [0, 0.1) is 68.0 Å². The molecule has 1 N–H and O–H groups in total. The van der Waals surface area contributed by atoms with Crippen LogP contribution < -0.4 is 5.32 Å². The van der Waals surface area contributed by atoms with Crippen LogP contribution in [0.1, 0.15) is 163 Å². The molecule has 0 spiro atoms. The lowest BCUT2D eigenvalue weighted by Crippen LogP contribution is -2.67. The summed E-state index contributed by atoms with van der Waals surface area (Å²) in [5, 5.41) is 3.97. The van der Waals surface area contributed by atoms with Crippen LogP contribution in [0.3, 0.4) is 0 Å². The smallest absolute Gasteiger partial charge is 0.373 e. The normalized spacial score (nSPS) is 35.4. The minimum Gasteiger partial charge on any atom is -0.462 e. The highest BCUT2D eigenvalue weighted by Crippen LogP contribution is 2.76. The number of hydrogen-bond donors (Lipinski definition) is 1. The van der Waals surface area contributed by atoms with Crippen LogP contribution in [-0.4, -0.2) is 46.2 Å². The second-order valence-corrected chi connectivity index (χ2v) is 24.4. The van der Waals surface area contributed by atoms with Gasteiger partial charge in [-0.2, -0.15) is 9.59 Å². The quantitative estimate of drug-likeness (QED) is 0.184. The maximum Gasteiger partial charge on any atom is 0.373 e. The number of esters is 1.